The number of furan rings is 1. The summed E-state index contributed by atoms with van der Waals surface area (Å²) >= 11 is 0. The van der Waals surface area contributed by atoms with Crippen molar-refractivity contribution in [2.45, 2.75) is 62.6 Å². The van der Waals surface area contributed by atoms with E-state index < -0.39 is 0 Å². The Morgan fingerprint density at radius 1 is 1.18 bits per heavy atom. The molecule has 1 atom stereocenters. The summed E-state index contributed by atoms with van der Waals surface area (Å²) in [7, 11) is 0. The lowest BCUT2D eigenvalue weighted by Crippen LogP contribution is -2.50. The third-order valence-electron chi connectivity index (χ3n) is 6.43. The van der Waals surface area contributed by atoms with E-state index in [1.54, 1.807) is 6.26 Å². The molecular weight excluding hydrogens is 352 g/mol. The van der Waals surface area contributed by atoms with E-state index >= 15 is 0 Å². The second-order valence-electron chi connectivity index (χ2n) is 8.68. The fraction of sp³-hybridized carbons (Fsp3) is 0.522. The van der Waals surface area contributed by atoms with Crippen molar-refractivity contribution in [1.82, 2.24) is 10.2 Å². The number of fused-ring (bicyclic) bond motifs is 1. The van der Waals surface area contributed by atoms with Crippen molar-refractivity contribution in [3.63, 3.8) is 0 Å². The van der Waals surface area contributed by atoms with E-state index in [1.165, 1.54) is 11.1 Å². The van der Waals surface area contributed by atoms with Crippen LogP contribution in [0.2, 0.25) is 0 Å². The van der Waals surface area contributed by atoms with Crippen molar-refractivity contribution in [2.75, 3.05) is 13.1 Å². The summed E-state index contributed by atoms with van der Waals surface area (Å²) in [5.74, 6) is 1.40. The van der Waals surface area contributed by atoms with E-state index in [0.717, 1.165) is 57.5 Å². The van der Waals surface area contributed by atoms with Gasteiger partial charge in [0.05, 0.1) is 12.5 Å². The molecule has 1 spiro atoms. The maximum absolute atomic E-state index is 12.5. The largest absolute Gasteiger partial charge is 0.487 e. The molecular formula is C23H28N2O3. The minimum atomic E-state index is -0.147. The van der Waals surface area contributed by atoms with Gasteiger partial charge in [0.2, 0.25) is 5.91 Å². The van der Waals surface area contributed by atoms with Crippen LogP contribution in [-0.2, 0) is 11.3 Å². The first-order chi connectivity index (χ1) is 13.7. The molecule has 1 aromatic carbocycles. The Kier molecular flexibility index (Phi) is 4.63. The first kappa shape index (κ1) is 17.8. The molecule has 5 nitrogen and oxygen atoms in total. The molecule has 148 valence electrons. The van der Waals surface area contributed by atoms with Crippen LogP contribution in [0, 0.1) is 0 Å². The van der Waals surface area contributed by atoms with Crippen LogP contribution in [0.3, 0.4) is 0 Å². The highest BCUT2D eigenvalue weighted by molar-refractivity contribution is 5.77. The van der Waals surface area contributed by atoms with E-state index in [1.807, 2.05) is 18.4 Å². The van der Waals surface area contributed by atoms with E-state index in [9.17, 15) is 4.79 Å². The molecule has 28 heavy (non-hydrogen) atoms. The van der Waals surface area contributed by atoms with Crippen molar-refractivity contribution >= 4 is 5.91 Å². The Morgan fingerprint density at radius 2 is 2.00 bits per heavy atom. The van der Waals surface area contributed by atoms with Crippen LogP contribution in [0.5, 0.6) is 5.75 Å². The Morgan fingerprint density at radius 3 is 2.75 bits per heavy atom. The zero-order chi connectivity index (χ0) is 19.0. The van der Waals surface area contributed by atoms with Crippen LogP contribution in [0.25, 0.3) is 0 Å². The molecule has 2 aromatic rings. The van der Waals surface area contributed by atoms with Gasteiger partial charge in [0.1, 0.15) is 11.4 Å². The fourth-order valence-electron chi connectivity index (χ4n) is 4.73. The number of ether oxygens (including phenoxy) is 1. The summed E-state index contributed by atoms with van der Waals surface area (Å²) in [6, 6.07) is 10.7. The average molecular weight is 380 g/mol. The predicted molar refractivity (Wildman–Crippen MR) is 106 cm³/mol. The molecule has 5 heteroatoms. The number of rotatable bonds is 5. The van der Waals surface area contributed by atoms with E-state index in [0.29, 0.717) is 12.5 Å². The number of amides is 1. The van der Waals surface area contributed by atoms with Crippen molar-refractivity contribution in [3.8, 4) is 5.75 Å². The van der Waals surface area contributed by atoms with Gasteiger partial charge in [-0.2, -0.15) is 0 Å². The van der Waals surface area contributed by atoms with Crippen molar-refractivity contribution in [3.05, 3.63) is 54.0 Å². The topological polar surface area (TPSA) is 54.7 Å². The quantitative estimate of drug-likeness (QED) is 0.856. The molecule has 0 bridgehead atoms. The molecule has 3 heterocycles. The zero-order valence-corrected chi connectivity index (χ0v) is 16.2. The van der Waals surface area contributed by atoms with Crippen LogP contribution >= 0.6 is 0 Å². The first-order valence-corrected chi connectivity index (χ1v) is 10.5. The van der Waals surface area contributed by atoms with Gasteiger partial charge in [-0.3, -0.25) is 9.69 Å². The van der Waals surface area contributed by atoms with Crippen LogP contribution in [0.4, 0.5) is 0 Å². The van der Waals surface area contributed by atoms with Crippen LogP contribution < -0.4 is 10.1 Å². The van der Waals surface area contributed by atoms with Crippen LogP contribution in [-0.4, -0.2) is 35.5 Å². The highest BCUT2D eigenvalue weighted by Gasteiger charge is 2.43. The number of nitrogens with zero attached hydrogens (tertiary/aromatic N) is 1. The number of piperidine rings is 1. The number of carbonyl (C=O) groups excluding carboxylic acids is 1. The van der Waals surface area contributed by atoms with E-state index in [4.69, 9.17) is 9.15 Å². The van der Waals surface area contributed by atoms with Crippen LogP contribution in [0.15, 0.2) is 47.3 Å². The normalized spacial score (nSPS) is 23.8. The summed E-state index contributed by atoms with van der Waals surface area (Å²) in [5, 5.41) is 3.16. The molecule has 1 aliphatic carbocycles. The third-order valence-corrected chi connectivity index (χ3v) is 6.43. The molecule has 0 radical (unpaired) electrons. The lowest BCUT2D eigenvalue weighted by molar-refractivity contribution is -0.122. The molecule has 0 unspecified atom stereocenters. The third kappa shape index (κ3) is 3.81. The second-order valence-corrected chi connectivity index (χ2v) is 8.68. The SMILES string of the molecule is O=C(C[C@@H]1CC2(CCN(Cc3ccoc3)CC2)Oc2ccccc21)NC1CC1. The van der Waals surface area contributed by atoms with Crippen LogP contribution in [0.1, 0.15) is 55.6 Å². The van der Waals surface area contributed by atoms with E-state index in [2.05, 4.69) is 28.4 Å². The van der Waals surface area contributed by atoms with Crippen molar-refractivity contribution in [2.24, 2.45) is 0 Å². The molecule has 3 aliphatic rings. The molecule has 1 saturated carbocycles. The monoisotopic (exact) mass is 380 g/mol. The summed E-state index contributed by atoms with van der Waals surface area (Å²) in [4.78, 5) is 15.0. The molecule has 2 fully saturated rings. The van der Waals surface area contributed by atoms with E-state index in [-0.39, 0.29) is 17.4 Å². The minimum absolute atomic E-state index is 0.147. The number of para-hydroxylation sites is 1. The molecule has 1 N–H and O–H groups in total. The van der Waals surface area contributed by atoms with Gasteiger partial charge in [0.25, 0.3) is 0 Å². The lowest BCUT2D eigenvalue weighted by Gasteiger charge is -2.47. The standard InChI is InChI=1S/C23H28N2O3/c26-22(24-19-5-6-19)13-18-14-23(28-21-4-2-1-3-20(18)21)8-10-25(11-9-23)15-17-7-12-27-16-17/h1-4,7,12,16,18-19H,5-6,8-11,13-15H2,(H,24,26)/t18-/m1/s1. The smallest absolute Gasteiger partial charge is 0.220 e. The molecule has 5 rings (SSSR count). The predicted octanol–water partition coefficient (Wildman–Crippen LogP) is 3.85. The summed E-state index contributed by atoms with van der Waals surface area (Å²) in [5.41, 5.74) is 2.27. The number of nitrogens with one attached hydrogen (secondary N) is 1. The average Bonchev–Trinajstić information content (AvgIpc) is 3.35. The second kappa shape index (κ2) is 7.28. The Bertz CT molecular complexity index is 820. The van der Waals surface area contributed by atoms with Gasteiger partial charge >= 0.3 is 0 Å². The zero-order valence-electron chi connectivity index (χ0n) is 16.2. The number of hydrogen-bond donors (Lipinski definition) is 1. The Hall–Kier alpha value is -2.27. The lowest BCUT2D eigenvalue weighted by atomic mass is 9.76. The minimum Gasteiger partial charge on any atom is -0.487 e. The van der Waals surface area contributed by atoms with Gasteiger partial charge in [-0.05, 0) is 49.8 Å². The maximum Gasteiger partial charge on any atom is 0.220 e. The van der Waals surface area contributed by atoms with Gasteiger partial charge in [-0.1, -0.05) is 18.2 Å². The van der Waals surface area contributed by atoms with Crippen molar-refractivity contribution < 1.29 is 13.9 Å². The summed E-state index contributed by atoms with van der Waals surface area (Å²) in [6.45, 7) is 2.94. The summed E-state index contributed by atoms with van der Waals surface area (Å²) in [6.07, 6.45) is 9.32. The fourth-order valence-corrected chi connectivity index (χ4v) is 4.73. The highest BCUT2D eigenvalue weighted by atomic mass is 16.5. The Labute approximate surface area is 166 Å². The van der Waals surface area contributed by atoms with Gasteiger partial charge in [0, 0.05) is 43.6 Å². The number of benzene rings is 1. The van der Waals surface area contributed by atoms with Crippen molar-refractivity contribution in [1.29, 1.82) is 0 Å². The van der Waals surface area contributed by atoms with Gasteiger partial charge in [-0.25, -0.2) is 0 Å². The number of hydrogen-bond acceptors (Lipinski definition) is 4. The number of likely N-dealkylation sites (tertiary alicyclic amines) is 1. The highest BCUT2D eigenvalue weighted by Crippen LogP contribution is 2.46. The maximum atomic E-state index is 12.5. The Balaban J connectivity index is 1.28. The van der Waals surface area contributed by atoms with Gasteiger partial charge in [0.15, 0.2) is 0 Å². The van der Waals surface area contributed by atoms with Gasteiger partial charge in [-0.15, -0.1) is 0 Å². The summed E-state index contributed by atoms with van der Waals surface area (Å²) < 4.78 is 11.8. The number of carbonyl (C=O) groups is 1. The van der Waals surface area contributed by atoms with Gasteiger partial charge < -0.3 is 14.5 Å². The first-order valence-electron chi connectivity index (χ1n) is 10.5. The molecule has 1 aromatic heterocycles. The molecule has 1 saturated heterocycles. The molecule has 2 aliphatic heterocycles. The molecule has 1 amide bonds.